The third-order valence-corrected chi connectivity index (χ3v) is 7.68. The van der Waals surface area contributed by atoms with Crippen LogP contribution in [0.2, 0.25) is 0 Å². The molecule has 0 radical (unpaired) electrons. The van der Waals surface area contributed by atoms with Crippen molar-refractivity contribution in [3.05, 3.63) is 41.6 Å². The Labute approximate surface area is 208 Å². The number of aromatic nitrogens is 6. The fraction of sp³-hybridized carbons (Fsp3) is 0.520. The highest BCUT2D eigenvalue weighted by atomic mass is 19.1. The van der Waals surface area contributed by atoms with Gasteiger partial charge in [-0.1, -0.05) is 0 Å². The fourth-order valence-electron chi connectivity index (χ4n) is 5.93. The minimum absolute atomic E-state index is 0.0804. The summed E-state index contributed by atoms with van der Waals surface area (Å²) in [5, 5.41) is 27.6. The van der Waals surface area contributed by atoms with E-state index in [9.17, 15) is 5.26 Å². The van der Waals surface area contributed by atoms with Crippen molar-refractivity contribution in [3.63, 3.8) is 0 Å². The molecule has 186 valence electrons. The fourth-order valence-corrected chi connectivity index (χ4v) is 5.93. The van der Waals surface area contributed by atoms with E-state index in [1.807, 2.05) is 0 Å². The second-order valence-corrected chi connectivity index (χ2v) is 10.7. The highest BCUT2D eigenvalue weighted by Gasteiger charge is 2.43. The molecule has 0 unspecified atom stereocenters. The first-order valence-electron chi connectivity index (χ1n) is 12.6. The second-order valence-electron chi connectivity index (χ2n) is 10.7. The van der Waals surface area contributed by atoms with Crippen LogP contribution in [0.1, 0.15) is 69.4 Å². The molecule has 1 aromatic carbocycles. The van der Waals surface area contributed by atoms with Crippen LogP contribution in [-0.4, -0.2) is 59.2 Å². The van der Waals surface area contributed by atoms with Crippen LogP contribution in [0.3, 0.4) is 0 Å². The van der Waals surface area contributed by atoms with Gasteiger partial charge in [-0.15, -0.1) is 5.10 Å². The maximum atomic E-state index is 15.1. The number of hydrogen-bond acceptors (Lipinski definition) is 9. The van der Waals surface area contributed by atoms with Crippen molar-refractivity contribution in [2.45, 2.75) is 75.9 Å². The zero-order valence-corrected chi connectivity index (χ0v) is 20.4. The molecule has 3 aliphatic rings. The van der Waals surface area contributed by atoms with E-state index in [1.165, 1.54) is 31.4 Å². The van der Waals surface area contributed by atoms with Crippen LogP contribution in [0, 0.1) is 17.1 Å². The molecule has 1 saturated carbocycles. The van der Waals surface area contributed by atoms with Gasteiger partial charge in [0.15, 0.2) is 0 Å². The van der Waals surface area contributed by atoms with Crippen molar-refractivity contribution >= 4 is 17.5 Å². The number of nitrogens with zero attached hydrogens (tertiary/aromatic N) is 8. The van der Waals surface area contributed by atoms with Crippen LogP contribution in [-0.2, 0) is 0 Å². The Hall–Kier alpha value is -3.65. The zero-order valence-electron chi connectivity index (χ0n) is 20.4. The monoisotopic (exact) mass is 488 g/mol. The predicted molar refractivity (Wildman–Crippen MR) is 132 cm³/mol. The van der Waals surface area contributed by atoms with Gasteiger partial charge in [0.1, 0.15) is 29.6 Å². The summed E-state index contributed by atoms with van der Waals surface area (Å²) in [6.07, 6.45) is 9.40. The summed E-state index contributed by atoms with van der Waals surface area (Å²) in [7, 11) is 0. The lowest BCUT2D eigenvalue weighted by Crippen LogP contribution is -2.55. The van der Waals surface area contributed by atoms with Crippen molar-refractivity contribution in [2.75, 3.05) is 17.2 Å². The van der Waals surface area contributed by atoms with Gasteiger partial charge in [-0.25, -0.2) is 14.1 Å². The molecule has 2 saturated heterocycles. The molecule has 2 N–H and O–H groups in total. The van der Waals surface area contributed by atoms with Crippen LogP contribution < -0.4 is 10.6 Å². The Morgan fingerprint density at radius 2 is 2.08 bits per heavy atom. The van der Waals surface area contributed by atoms with Gasteiger partial charge in [-0.2, -0.15) is 10.2 Å². The number of fused-ring (bicyclic) bond motifs is 1. The molecule has 10 nitrogen and oxygen atoms in total. The van der Waals surface area contributed by atoms with Crippen molar-refractivity contribution in [3.8, 4) is 11.8 Å². The van der Waals surface area contributed by atoms with Gasteiger partial charge >= 0.3 is 0 Å². The molecule has 3 fully saturated rings. The molecular weight excluding hydrogens is 459 g/mol. The molecule has 6 rings (SSSR count). The molecule has 0 spiro atoms. The van der Waals surface area contributed by atoms with Crippen LogP contribution in [0.15, 0.2) is 24.7 Å². The Morgan fingerprint density at radius 3 is 2.83 bits per heavy atom. The first-order valence-corrected chi connectivity index (χ1v) is 12.6. The number of anilines is 3. The van der Waals surface area contributed by atoms with Gasteiger partial charge in [-0.3, -0.25) is 4.90 Å². The van der Waals surface area contributed by atoms with Gasteiger partial charge < -0.3 is 10.6 Å². The smallest absolute Gasteiger partial charge is 0.229 e. The second kappa shape index (κ2) is 8.78. The summed E-state index contributed by atoms with van der Waals surface area (Å²) in [5.41, 5.74) is 2.28. The summed E-state index contributed by atoms with van der Waals surface area (Å²) in [6, 6.07) is 6.14. The summed E-state index contributed by atoms with van der Waals surface area (Å²) < 4.78 is 16.7. The average molecular weight is 489 g/mol. The van der Waals surface area contributed by atoms with Gasteiger partial charge in [0, 0.05) is 17.6 Å². The molecule has 0 amide bonds. The van der Waals surface area contributed by atoms with Crippen LogP contribution in [0.5, 0.6) is 0 Å². The van der Waals surface area contributed by atoms with Gasteiger partial charge in [0.25, 0.3) is 0 Å². The quantitative estimate of drug-likeness (QED) is 0.532. The molecule has 36 heavy (non-hydrogen) atoms. The molecule has 3 aromatic rings. The Balaban J connectivity index is 1.27. The van der Waals surface area contributed by atoms with E-state index in [1.54, 1.807) is 10.7 Å². The number of halogens is 1. The van der Waals surface area contributed by atoms with Crippen LogP contribution in [0.25, 0.3) is 5.69 Å². The maximum absolute atomic E-state index is 15.1. The Bertz CT molecular complexity index is 1310. The van der Waals surface area contributed by atoms with Gasteiger partial charge in [-0.05, 0) is 93.0 Å². The Kier molecular flexibility index (Phi) is 5.56. The summed E-state index contributed by atoms with van der Waals surface area (Å²) in [4.78, 5) is 11.5. The van der Waals surface area contributed by atoms with E-state index in [2.05, 4.69) is 60.9 Å². The van der Waals surface area contributed by atoms with E-state index in [4.69, 9.17) is 0 Å². The number of benzene rings is 1. The minimum Gasteiger partial charge on any atom is -0.366 e. The number of tetrazole rings is 1. The number of hydrogen-bond donors (Lipinski definition) is 2. The standard InChI is InChI=1S/C25H29FN10/c1-25(2)11-17(8-18-4-3-7-35(18)25)30-23-16(12-27)13-28-24(32-23)31-21-10-22(36-14-29-33-34-36)19(9-20(21)26)15-5-6-15/h9-10,13-15,17-18H,3-8,11H2,1-2H3,(H2,28,30,31,32)/t17-,18+/m1/s1. The molecule has 0 bridgehead atoms. The maximum Gasteiger partial charge on any atom is 0.229 e. The van der Waals surface area contributed by atoms with Crippen LogP contribution in [0.4, 0.5) is 21.8 Å². The average Bonchev–Trinajstić information content (AvgIpc) is 3.32. The molecule has 1 aliphatic carbocycles. The largest absolute Gasteiger partial charge is 0.366 e. The van der Waals surface area contributed by atoms with E-state index in [0.29, 0.717) is 23.3 Å². The Morgan fingerprint density at radius 1 is 1.22 bits per heavy atom. The number of rotatable bonds is 6. The molecule has 4 heterocycles. The van der Waals surface area contributed by atoms with Crippen LogP contribution >= 0.6 is 0 Å². The number of nitrogens with one attached hydrogen (secondary N) is 2. The molecule has 2 aromatic heterocycles. The third kappa shape index (κ3) is 4.26. The lowest BCUT2D eigenvalue weighted by atomic mass is 9.84. The highest BCUT2D eigenvalue weighted by Crippen LogP contribution is 2.44. The highest BCUT2D eigenvalue weighted by molar-refractivity contribution is 5.63. The predicted octanol–water partition coefficient (Wildman–Crippen LogP) is 3.90. The summed E-state index contributed by atoms with van der Waals surface area (Å²) >= 11 is 0. The topological polar surface area (TPSA) is 120 Å². The minimum atomic E-state index is -0.397. The van der Waals surface area contributed by atoms with Crippen molar-refractivity contribution in [1.82, 2.24) is 35.1 Å². The van der Waals surface area contributed by atoms with E-state index < -0.39 is 5.82 Å². The van der Waals surface area contributed by atoms with Crippen molar-refractivity contribution in [2.24, 2.45) is 0 Å². The molecule has 11 heteroatoms. The third-order valence-electron chi connectivity index (χ3n) is 7.68. The summed E-state index contributed by atoms with van der Waals surface area (Å²) in [5.74, 6) is 0.601. The lowest BCUT2D eigenvalue weighted by Gasteiger charge is -2.47. The van der Waals surface area contributed by atoms with Crippen molar-refractivity contribution in [1.29, 1.82) is 5.26 Å². The summed E-state index contributed by atoms with van der Waals surface area (Å²) in [6.45, 7) is 5.72. The lowest BCUT2D eigenvalue weighted by molar-refractivity contribution is 0.0501. The van der Waals surface area contributed by atoms with E-state index in [-0.39, 0.29) is 23.2 Å². The molecule has 2 aliphatic heterocycles. The van der Waals surface area contributed by atoms with Gasteiger partial charge in [0.2, 0.25) is 5.95 Å². The normalized spacial score (nSPS) is 23.2. The first-order chi connectivity index (χ1) is 17.4. The van der Waals surface area contributed by atoms with Gasteiger partial charge in [0.05, 0.1) is 17.6 Å². The number of nitriles is 1. The SMILES string of the molecule is CC1(C)C[C@H](Nc2nc(Nc3cc(-n4cnnn4)c(C4CC4)cc3F)ncc2C#N)C[C@@H]2CCCN21. The first kappa shape index (κ1) is 22.8. The van der Waals surface area contributed by atoms with E-state index in [0.717, 1.165) is 43.5 Å². The van der Waals surface area contributed by atoms with E-state index >= 15 is 4.39 Å². The molecular formula is C25H29FN10. The van der Waals surface area contributed by atoms with Crippen molar-refractivity contribution < 1.29 is 4.39 Å². The number of piperidine rings is 1. The zero-order chi connectivity index (χ0) is 24.9. The molecule has 2 atom stereocenters.